The summed E-state index contributed by atoms with van der Waals surface area (Å²) in [4.78, 5) is 15.1. The van der Waals surface area contributed by atoms with E-state index >= 15 is 0 Å². The summed E-state index contributed by atoms with van der Waals surface area (Å²) >= 11 is 0. The Kier molecular flexibility index (Phi) is 5.18. The Bertz CT molecular complexity index is 1190. The molecule has 0 amide bonds. The third-order valence-corrected chi connectivity index (χ3v) is 6.16. The molecule has 3 heterocycles. The highest BCUT2D eigenvalue weighted by molar-refractivity contribution is 5.63. The third-order valence-electron chi connectivity index (χ3n) is 6.16. The monoisotopic (exact) mass is 430 g/mol. The molecular weight excluding hydrogens is 404 g/mol. The lowest BCUT2D eigenvalue weighted by Crippen LogP contribution is -2.36. The van der Waals surface area contributed by atoms with Crippen molar-refractivity contribution in [2.75, 3.05) is 26.4 Å². The van der Waals surface area contributed by atoms with Crippen molar-refractivity contribution in [3.05, 3.63) is 60.4 Å². The molecule has 0 aliphatic heterocycles. The summed E-state index contributed by atoms with van der Waals surface area (Å²) in [6.07, 6.45) is 10.3. The summed E-state index contributed by atoms with van der Waals surface area (Å²) in [5.74, 6) is 1.52. The van der Waals surface area contributed by atoms with Crippen molar-refractivity contribution in [1.82, 2.24) is 34.8 Å². The minimum atomic E-state index is -0.210. The van der Waals surface area contributed by atoms with Crippen LogP contribution in [0.25, 0.3) is 22.6 Å². The summed E-state index contributed by atoms with van der Waals surface area (Å²) < 4.78 is 7.54. The summed E-state index contributed by atoms with van der Waals surface area (Å²) in [5, 5.41) is 8.79. The molecule has 1 fully saturated rings. The minimum absolute atomic E-state index is 0.210. The van der Waals surface area contributed by atoms with Crippen molar-refractivity contribution < 1.29 is 4.52 Å². The maximum atomic E-state index is 5.64. The zero-order valence-electron chi connectivity index (χ0n) is 18.3. The smallest absolute Gasteiger partial charge is 0.261 e. The molecule has 0 unspecified atom stereocenters. The van der Waals surface area contributed by atoms with E-state index in [1.807, 2.05) is 25.0 Å². The largest absolute Gasteiger partial charge is 0.368 e. The van der Waals surface area contributed by atoms with Crippen molar-refractivity contribution in [2.24, 2.45) is 0 Å². The highest BCUT2D eigenvalue weighted by Gasteiger charge is 2.44. The second-order valence-corrected chi connectivity index (χ2v) is 8.56. The van der Waals surface area contributed by atoms with Gasteiger partial charge in [-0.3, -0.25) is 4.68 Å². The van der Waals surface area contributed by atoms with Crippen LogP contribution in [0.1, 0.15) is 30.7 Å². The Balaban J connectivity index is 1.38. The quantitative estimate of drug-likeness (QED) is 0.476. The fourth-order valence-corrected chi connectivity index (χ4v) is 4.07. The van der Waals surface area contributed by atoms with Gasteiger partial charge in [-0.25, -0.2) is 9.97 Å². The first-order valence-electron chi connectivity index (χ1n) is 10.7. The van der Waals surface area contributed by atoms with E-state index in [1.54, 1.807) is 18.6 Å². The van der Waals surface area contributed by atoms with Gasteiger partial charge in [0, 0.05) is 30.7 Å². The molecule has 9 heteroatoms. The van der Waals surface area contributed by atoms with Gasteiger partial charge >= 0.3 is 0 Å². The molecular formula is C23H26N8O. The number of rotatable bonds is 7. The fourth-order valence-electron chi connectivity index (χ4n) is 4.07. The highest BCUT2D eigenvalue weighted by atomic mass is 16.5. The molecule has 2 N–H and O–H groups in total. The Morgan fingerprint density at radius 3 is 2.44 bits per heavy atom. The fraction of sp³-hybridized carbons (Fsp3) is 0.348. The molecule has 1 aliphatic carbocycles. The van der Waals surface area contributed by atoms with Crippen LogP contribution < -0.4 is 5.73 Å². The predicted octanol–water partition coefficient (Wildman–Crippen LogP) is 3.00. The lowest BCUT2D eigenvalue weighted by Gasteiger charge is -2.39. The average molecular weight is 431 g/mol. The number of likely N-dealkylation sites (N-methyl/N-ethyl adjacent to an activating group) is 1. The number of hydrogen-bond donors (Lipinski definition) is 1. The van der Waals surface area contributed by atoms with Gasteiger partial charge in [0.1, 0.15) is 0 Å². The van der Waals surface area contributed by atoms with Gasteiger partial charge in [-0.2, -0.15) is 10.1 Å². The van der Waals surface area contributed by atoms with Crippen LogP contribution in [0.5, 0.6) is 0 Å². The number of benzene rings is 1. The third kappa shape index (κ3) is 3.75. The van der Waals surface area contributed by atoms with Crippen LogP contribution in [0, 0.1) is 0 Å². The van der Waals surface area contributed by atoms with Crippen molar-refractivity contribution in [3.8, 4) is 22.6 Å². The summed E-state index contributed by atoms with van der Waals surface area (Å²) in [5.41, 5.74) is 9.40. The van der Waals surface area contributed by atoms with Crippen LogP contribution >= 0.6 is 0 Å². The Morgan fingerprint density at radius 1 is 1.03 bits per heavy atom. The SMILES string of the molecule is CN(C)CCn1cc(-c2nc(C3(c4ccc(-c5cnc(N)nc5)cc4)CCC3)no2)cn1. The van der Waals surface area contributed by atoms with E-state index in [9.17, 15) is 0 Å². The first kappa shape index (κ1) is 20.3. The van der Waals surface area contributed by atoms with E-state index in [2.05, 4.69) is 49.4 Å². The average Bonchev–Trinajstić information content (AvgIpc) is 3.43. The number of hydrogen-bond acceptors (Lipinski definition) is 8. The van der Waals surface area contributed by atoms with Gasteiger partial charge in [0.15, 0.2) is 5.82 Å². The number of nitrogens with two attached hydrogens (primary N) is 1. The van der Waals surface area contributed by atoms with Crippen molar-refractivity contribution in [1.29, 1.82) is 0 Å². The molecule has 164 valence electrons. The van der Waals surface area contributed by atoms with Crippen LogP contribution in [-0.4, -0.2) is 55.4 Å². The van der Waals surface area contributed by atoms with Gasteiger partial charge in [-0.05, 0) is 38.1 Å². The number of nitrogen functional groups attached to an aromatic ring is 1. The van der Waals surface area contributed by atoms with Gasteiger partial charge in [-0.1, -0.05) is 35.8 Å². The van der Waals surface area contributed by atoms with Crippen LogP contribution in [0.3, 0.4) is 0 Å². The van der Waals surface area contributed by atoms with E-state index in [4.69, 9.17) is 15.2 Å². The van der Waals surface area contributed by atoms with E-state index in [1.165, 1.54) is 5.56 Å². The van der Waals surface area contributed by atoms with E-state index in [0.29, 0.717) is 5.89 Å². The van der Waals surface area contributed by atoms with E-state index in [-0.39, 0.29) is 11.4 Å². The van der Waals surface area contributed by atoms with E-state index < -0.39 is 0 Å². The zero-order valence-corrected chi connectivity index (χ0v) is 18.3. The molecule has 1 aromatic carbocycles. The Labute approximate surface area is 186 Å². The topological polar surface area (TPSA) is 112 Å². The lowest BCUT2D eigenvalue weighted by atomic mass is 9.64. The number of anilines is 1. The molecule has 5 rings (SSSR count). The molecule has 3 aromatic heterocycles. The van der Waals surface area contributed by atoms with Gasteiger partial charge in [0.2, 0.25) is 5.95 Å². The zero-order chi connectivity index (χ0) is 22.1. The van der Waals surface area contributed by atoms with Crippen LogP contribution in [0.4, 0.5) is 5.95 Å². The van der Waals surface area contributed by atoms with Gasteiger partial charge in [0.25, 0.3) is 5.89 Å². The number of aromatic nitrogens is 6. The minimum Gasteiger partial charge on any atom is -0.368 e. The first-order chi connectivity index (χ1) is 15.5. The van der Waals surface area contributed by atoms with Crippen LogP contribution in [0.2, 0.25) is 0 Å². The second kappa shape index (κ2) is 8.16. The van der Waals surface area contributed by atoms with Crippen LogP contribution in [0.15, 0.2) is 53.6 Å². The maximum Gasteiger partial charge on any atom is 0.261 e. The molecule has 9 nitrogen and oxygen atoms in total. The van der Waals surface area contributed by atoms with Gasteiger partial charge < -0.3 is 15.2 Å². The molecule has 4 aromatic rings. The van der Waals surface area contributed by atoms with Crippen molar-refractivity contribution in [3.63, 3.8) is 0 Å². The Hall–Kier alpha value is -3.59. The molecule has 0 radical (unpaired) electrons. The molecule has 0 saturated heterocycles. The normalized spacial score (nSPS) is 15.1. The number of nitrogens with zero attached hydrogens (tertiary/aromatic N) is 7. The lowest BCUT2D eigenvalue weighted by molar-refractivity contribution is 0.273. The molecule has 0 spiro atoms. The highest BCUT2D eigenvalue weighted by Crippen LogP contribution is 2.48. The molecule has 1 saturated carbocycles. The van der Waals surface area contributed by atoms with Gasteiger partial charge in [-0.15, -0.1) is 0 Å². The van der Waals surface area contributed by atoms with E-state index in [0.717, 1.165) is 54.9 Å². The first-order valence-corrected chi connectivity index (χ1v) is 10.7. The Morgan fingerprint density at radius 2 is 1.78 bits per heavy atom. The summed E-state index contributed by atoms with van der Waals surface area (Å²) in [7, 11) is 4.09. The second-order valence-electron chi connectivity index (χ2n) is 8.56. The molecule has 1 aliphatic rings. The van der Waals surface area contributed by atoms with Gasteiger partial charge in [0.05, 0.1) is 23.7 Å². The van der Waals surface area contributed by atoms with Crippen molar-refractivity contribution >= 4 is 5.95 Å². The molecule has 0 bridgehead atoms. The standard InChI is InChI=1S/C23H26N8O/c1-30(2)10-11-31-15-18(14-27-31)20-28-21(29-32-20)23(8-3-9-23)19-6-4-16(5-7-19)17-12-25-22(24)26-13-17/h4-7,12-15H,3,8-11H2,1-2H3,(H2,24,25,26). The maximum absolute atomic E-state index is 5.64. The molecule has 32 heavy (non-hydrogen) atoms. The van der Waals surface area contributed by atoms with Crippen LogP contribution in [-0.2, 0) is 12.0 Å². The summed E-state index contributed by atoms with van der Waals surface area (Å²) in [6.45, 7) is 1.72. The van der Waals surface area contributed by atoms with Crippen molar-refractivity contribution in [2.45, 2.75) is 31.2 Å². The predicted molar refractivity (Wildman–Crippen MR) is 121 cm³/mol. The molecule has 0 atom stereocenters. The summed E-state index contributed by atoms with van der Waals surface area (Å²) in [6, 6.07) is 8.44.